The highest BCUT2D eigenvalue weighted by Crippen LogP contribution is 2.14. The highest BCUT2D eigenvalue weighted by molar-refractivity contribution is 5.49. The van der Waals surface area contributed by atoms with Gasteiger partial charge < -0.3 is 5.73 Å². The number of hydrogen-bond acceptors (Lipinski definition) is 1. The molecule has 0 bridgehead atoms. The Hall–Kier alpha value is -1.93. The lowest BCUT2D eigenvalue weighted by Gasteiger charge is -2.06. The molecule has 2 rings (SSSR count). The summed E-state index contributed by atoms with van der Waals surface area (Å²) in [5.74, 6) is -0.219. The summed E-state index contributed by atoms with van der Waals surface area (Å²) in [6.45, 7) is 0.237. The van der Waals surface area contributed by atoms with Gasteiger partial charge in [-0.1, -0.05) is 54.6 Å². The van der Waals surface area contributed by atoms with Crippen molar-refractivity contribution < 1.29 is 4.39 Å². The molecule has 0 spiro atoms. The highest BCUT2D eigenvalue weighted by Gasteiger charge is 2.04. The van der Waals surface area contributed by atoms with Crippen molar-refractivity contribution in [3.05, 3.63) is 77.1 Å². The third kappa shape index (κ3) is 3.05. The first-order chi connectivity index (χ1) is 8.81. The predicted octanol–water partition coefficient (Wildman–Crippen LogP) is 3.54. The number of nitrogens with two attached hydrogens (primary N) is 1. The number of halogens is 1. The SMILES string of the molecule is NCc1c(F)cccc1C/C=C/c1ccccc1. The third-order valence-corrected chi connectivity index (χ3v) is 2.87. The average Bonchev–Trinajstić information content (AvgIpc) is 2.40. The standard InChI is InChI=1S/C16H16FN/c17-16-11-5-10-14(15(16)12-18)9-4-8-13-6-2-1-3-7-13/h1-8,10-11H,9,12,18H2/b8-4+. The van der Waals surface area contributed by atoms with Crippen LogP contribution in [0, 0.1) is 5.82 Å². The number of rotatable bonds is 4. The summed E-state index contributed by atoms with van der Waals surface area (Å²) in [6, 6.07) is 15.1. The van der Waals surface area contributed by atoms with Crippen molar-refractivity contribution >= 4 is 6.08 Å². The Labute approximate surface area is 107 Å². The molecular weight excluding hydrogens is 225 g/mol. The van der Waals surface area contributed by atoms with Crippen molar-refractivity contribution in [1.82, 2.24) is 0 Å². The fourth-order valence-electron chi connectivity index (χ4n) is 1.91. The topological polar surface area (TPSA) is 26.0 Å². The molecule has 92 valence electrons. The van der Waals surface area contributed by atoms with Crippen LogP contribution in [0.25, 0.3) is 6.08 Å². The Bertz CT molecular complexity index is 532. The van der Waals surface area contributed by atoms with E-state index in [1.165, 1.54) is 6.07 Å². The van der Waals surface area contributed by atoms with Gasteiger partial charge in [0.25, 0.3) is 0 Å². The van der Waals surface area contributed by atoms with Gasteiger partial charge in [-0.15, -0.1) is 0 Å². The Morgan fingerprint density at radius 3 is 2.50 bits per heavy atom. The van der Waals surface area contributed by atoms with Crippen molar-refractivity contribution in [2.75, 3.05) is 0 Å². The van der Waals surface area contributed by atoms with Gasteiger partial charge in [-0.2, -0.15) is 0 Å². The fourth-order valence-corrected chi connectivity index (χ4v) is 1.91. The van der Waals surface area contributed by atoms with E-state index in [4.69, 9.17) is 5.73 Å². The molecule has 2 N–H and O–H groups in total. The van der Waals surface area contributed by atoms with Crippen molar-refractivity contribution in [2.45, 2.75) is 13.0 Å². The smallest absolute Gasteiger partial charge is 0.127 e. The van der Waals surface area contributed by atoms with E-state index in [0.717, 1.165) is 11.1 Å². The summed E-state index contributed by atoms with van der Waals surface area (Å²) in [5.41, 5.74) is 8.27. The molecule has 0 unspecified atom stereocenters. The fraction of sp³-hybridized carbons (Fsp3) is 0.125. The van der Waals surface area contributed by atoms with Crippen LogP contribution in [0.1, 0.15) is 16.7 Å². The maximum absolute atomic E-state index is 13.5. The Morgan fingerprint density at radius 1 is 1.00 bits per heavy atom. The van der Waals surface area contributed by atoms with Crippen LogP contribution in [-0.4, -0.2) is 0 Å². The lowest BCUT2D eigenvalue weighted by molar-refractivity contribution is 0.608. The molecule has 0 heterocycles. The molecule has 0 aliphatic rings. The molecule has 0 fully saturated rings. The number of allylic oxidation sites excluding steroid dienone is 1. The van der Waals surface area contributed by atoms with Crippen LogP contribution < -0.4 is 5.73 Å². The van der Waals surface area contributed by atoms with E-state index in [1.54, 1.807) is 6.07 Å². The van der Waals surface area contributed by atoms with E-state index in [9.17, 15) is 4.39 Å². The van der Waals surface area contributed by atoms with Crippen LogP contribution in [0.5, 0.6) is 0 Å². The zero-order valence-corrected chi connectivity index (χ0v) is 10.1. The van der Waals surface area contributed by atoms with E-state index in [2.05, 4.69) is 0 Å². The van der Waals surface area contributed by atoms with Gasteiger partial charge in [0, 0.05) is 12.1 Å². The van der Waals surface area contributed by atoms with Crippen LogP contribution in [0.4, 0.5) is 4.39 Å². The molecule has 0 aromatic heterocycles. The van der Waals surface area contributed by atoms with Crippen molar-refractivity contribution in [3.8, 4) is 0 Å². The minimum Gasteiger partial charge on any atom is -0.326 e. The van der Waals surface area contributed by atoms with Gasteiger partial charge in [0.15, 0.2) is 0 Å². The lowest BCUT2D eigenvalue weighted by Crippen LogP contribution is -2.04. The molecule has 0 atom stereocenters. The van der Waals surface area contributed by atoms with Crippen LogP contribution in [0.3, 0.4) is 0 Å². The van der Waals surface area contributed by atoms with Crippen molar-refractivity contribution in [2.24, 2.45) is 5.73 Å². The third-order valence-electron chi connectivity index (χ3n) is 2.87. The van der Waals surface area contributed by atoms with Gasteiger partial charge in [0.1, 0.15) is 5.82 Å². The molecule has 18 heavy (non-hydrogen) atoms. The van der Waals surface area contributed by atoms with E-state index in [1.807, 2.05) is 48.6 Å². The average molecular weight is 241 g/mol. The highest BCUT2D eigenvalue weighted by atomic mass is 19.1. The second kappa shape index (κ2) is 6.12. The quantitative estimate of drug-likeness (QED) is 0.870. The molecule has 1 nitrogen and oxygen atoms in total. The van der Waals surface area contributed by atoms with Gasteiger partial charge in [-0.25, -0.2) is 4.39 Å². The van der Waals surface area contributed by atoms with Gasteiger partial charge in [-0.05, 0) is 23.6 Å². The number of hydrogen-bond donors (Lipinski definition) is 1. The first-order valence-corrected chi connectivity index (χ1v) is 5.99. The summed E-state index contributed by atoms with van der Waals surface area (Å²) >= 11 is 0. The molecule has 0 aliphatic heterocycles. The van der Waals surface area contributed by atoms with Crippen molar-refractivity contribution in [1.29, 1.82) is 0 Å². The molecule has 0 saturated carbocycles. The first kappa shape index (κ1) is 12.5. The van der Waals surface area contributed by atoms with Gasteiger partial charge in [-0.3, -0.25) is 0 Å². The van der Waals surface area contributed by atoms with E-state index in [0.29, 0.717) is 12.0 Å². The first-order valence-electron chi connectivity index (χ1n) is 5.99. The van der Waals surface area contributed by atoms with Crippen LogP contribution in [0.15, 0.2) is 54.6 Å². The van der Waals surface area contributed by atoms with Crippen LogP contribution in [0.2, 0.25) is 0 Å². The van der Waals surface area contributed by atoms with Crippen LogP contribution in [-0.2, 0) is 13.0 Å². The summed E-state index contributed by atoms with van der Waals surface area (Å²) in [7, 11) is 0. The van der Waals surface area contributed by atoms with Gasteiger partial charge in [0.05, 0.1) is 0 Å². The largest absolute Gasteiger partial charge is 0.326 e. The monoisotopic (exact) mass is 241 g/mol. The molecule has 0 aliphatic carbocycles. The minimum atomic E-state index is -0.219. The Balaban J connectivity index is 2.11. The van der Waals surface area contributed by atoms with Crippen LogP contribution >= 0.6 is 0 Å². The van der Waals surface area contributed by atoms with Gasteiger partial charge in [0.2, 0.25) is 0 Å². The van der Waals surface area contributed by atoms with E-state index < -0.39 is 0 Å². The summed E-state index contributed by atoms with van der Waals surface area (Å²) < 4.78 is 13.5. The molecular formula is C16H16FN. The second-order valence-electron chi connectivity index (χ2n) is 4.10. The number of benzene rings is 2. The van der Waals surface area contributed by atoms with E-state index >= 15 is 0 Å². The summed E-state index contributed by atoms with van der Waals surface area (Å²) in [4.78, 5) is 0. The summed E-state index contributed by atoms with van der Waals surface area (Å²) in [5, 5.41) is 0. The van der Waals surface area contributed by atoms with Crippen molar-refractivity contribution in [3.63, 3.8) is 0 Å². The Morgan fingerprint density at radius 2 is 1.78 bits per heavy atom. The zero-order chi connectivity index (χ0) is 12.8. The molecule has 2 aromatic carbocycles. The molecule has 0 radical (unpaired) electrons. The Kier molecular flexibility index (Phi) is 4.26. The molecule has 0 saturated heterocycles. The predicted molar refractivity (Wildman–Crippen MR) is 73.5 cm³/mol. The normalized spacial score (nSPS) is 11.0. The van der Waals surface area contributed by atoms with Gasteiger partial charge >= 0.3 is 0 Å². The molecule has 0 amide bonds. The molecule has 2 heteroatoms. The molecule has 2 aromatic rings. The minimum absolute atomic E-state index is 0.219. The van der Waals surface area contributed by atoms with E-state index in [-0.39, 0.29) is 12.4 Å². The lowest BCUT2D eigenvalue weighted by atomic mass is 10.0. The summed E-state index contributed by atoms with van der Waals surface area (Å²) in [6.07, 6.45) is 4.76. The second-order valence-corrected chi connectivity index (χ2v) is 4.10. The zero-order valence-electron chi connectivity index (χ0n) is 10.1. The maximum atomic E-state index is 13.5. The maximum Gasteiger partial charge on any atom is 0.127 e.